The molecule has 0 radical (unpaired) electrons. The highest BCUT2D eigenvalue weighted by atomic mass is 35.5. The van der Waals surface area contributed by atoms with Crippen LogP contribution in [-0.4, -0.2) is 31.7 Å². The number of carbonyl (C=O) groups excluding carboxylic acids is 1. The molecule has 3 rings (SSSR count). The third-order valence-corrected chi connectivity index (χ3v) is 5.98. The van der Waals surface area contributed by atoms with Crippen LogP contribution in [-0.2, 0) is 6.54 Å². The lowest BCUT2D eigenvalue weighted by Gasteiger charge is -2.02. The molecule has 114 valence electrons. The number of halogens is 2. The second-order valence-electron chi connectivity index (χ2n) is 4.15. The zero-order valence-corrected chi connectivity index (χ0v) is 14.9. The van der Waals surface area contributed by atoms with E-state index in [4.69, 9.17) is 23.2 Å². The van der Waals surface area contributed by atoms with Gasteiger partial charge in [0.05, 0.1) is 16.6 Å². The van der Waals surface area contributed by atoms with Crippen LogP contribution in [0.3, 0.4) is 0 Å². The van der Waals surface area contributed by atoms with E-state index >= 15 is 0 Å². The minimum Gasteiger partial charge on any atom is -0.293 e. The van der Waals surface area contributed by atoms with E-state index in [-0.39, 0.29) is 11.5 Å². The molecular weight excluding hydrogens is 383 g/mol. The van der Waals surface area contributed by atoms with E-state index in [0.717, 1.165) is 4.88 Å². The molecule has 5 nitrogen and oxygen atoms in total. The topological polar surface area (TPSA) is 60.7 Å². The maximum Gasteiger partial charge on any atom is 0.210 e. The van der Waals surface area contributed by atoms with Crippen LogP contribution >= 0.6 is 57.6 Å². The third-order valence-electron chi connectivity index (χ3n) is 2.67. The highest BCUT2D eigenvalue weighted by Crippen LogP contribution is 2.32. The first kappa shape index (κ1) is 15.9. The summed E-state index contributed by atoms with van der Waals surface area (Å²) in [5.41, 5.74) is 0.446. The number of thioether (sulfide) groups is 1. The Labute approximate surface area is 148 Å². The molecule has 0 bridgehead atoms. The Morgan fingerprint density at radius 1 is 1.41 bits per heavy atom. The molecule has 0 atom stereocenters. The summed E-state index contributed by atoms with van der Waals surface area (Å²) in [4.78, 5) is 13.3. The first-order valence-corrected chi connectivity index (χ1v) is 9.46. The van der Waals surface area contributed by atoms with Crippen LogP contribution in [0.1, 0.15) is 15.2 Å². The zero-order chi connectivity index (χ0) is 15.5. The molecule has 0 saturated carbocycles. The molecule has 0 unspecified atom stereocenters. The number of aromatic nitrogens is 4. The molecule has 22 heavy (non-hydrogen) atoms. The molecular formula is C12H8Cl2N4OS3. The molecule has 0 amide bonds. The van der Waals surface area contributed by atoms with Crippen molar-refractivity contribution in [1.29, 1.82) is 0 Å². The fourth-order valence-electron chi connectivity index (χ4n) is 1.69. The van der Waals surface area contributed by atoms with E-state index in [0.29, 0.717) is 25.9 Å². The number of Topliss-reactive ketones (excluding diaryl/α,β-unsaturated/α-hetero) is 1. The fourth-order valence-corrected chi connectivity index (χ4v) is 4.63. The number of ketones is 1. The molecule has 0 fully saturated rings. The molecule has 0 aliphatic heterocycles. The SMILES string of the molecule is O=C(CSc1nnnn1Cc1cccs1)c1cc(Cl)sc1Cl. The summed E-state index contributed by atoms with van der Waals surface area (Å²) in [5, 5.41) is 14.2. The van der Waals surface area contributed by atoms with Crippen molar-refractivity contribution >= 4 is 63.4 Å². The van der Waals surface area contributed by atoms with Crippen LogP contribution in [0.15, 0.2) is 28.7 Å². The minimum atomic E-state index is -0.0937. The average molecular weight is 391 g/mol. The lowest BCUT2D eigenvalue weighted by Crippen LogP contribution is -2.06. The standard InChI is InChI=1S/C12H8Cl2N4OS3/c13-10-4-8(11(14)22-10)9(19)6-21-12-15-16-17-18(12)5-7-2-1-3-20-7/h1-4H,5-6H2. The number of hydrogen-bond donors (Lipinski definition) is 0. The Balaban J connectivity index is 1.66. The van der Waals surface area contributed by atoms with Crippen molar-refractivity contribution in [3.63, 3.8) is 0 Å². The molecule has 0 aliphatic carbocycles. The van der Waals surface area contributed by atoms with Gasteiger partial charge in [0.15, 0.2) is 5.78 Å². The zero-order valence-electron chi connectivity index (χ0n) is 10.9. The van der Waals surface area contributed by atoms with Crippen molar-refractivity contribution in [2.75, 3.05) is 5.75 Å². The van der Waals surface area contributed by atoms with Crippen molar-refractivity contribution in [3.05, 3.63) is 42.7 Å². The van der Waals surface area contributed by atoms with Crippen LogP contribution in [0.25, 0.3) is 0 Å². The van der Waals surface area contributed by atoms with Crippen molar-refractivity contribution in [1.82, 2.24) is 20.2 Å². The largest absolute Gasteiger partial charge is 0.293 e. The molecule has 0 spiro atoms. The van der Waals surface area contributed by atoms with Crippen LogP contribution < -0.4 is 0 Å². The third kappa shape index (κ3) is 3.69. The molecule has 3 heterocycles. The van der Waals surface area contributed by atoms with Crippen LogP contribution in [0.2, 0.25) is 8.67 Å². The average Bonchev–Trinajstić information content (AvgIpc) is 3.19. The molecule has 0 aliphatic rings. The predicted octanol–water partition coefficient (Wildman–Crippen LogP) is 4.13. The van der Waals surface area contributed by atoms with Gasteiger partial charge < -0.3 is 0 Å². The van der Waals surface area contributed by atoms with E-state index in [1.165, 1.54) is 23.1 Å². The Morgan fingerprint density at radius 3 is 2.95 bits per heavy atom. The summed E-state index contributed by atoms with van der Waals surface area (Å²) < 4.78 is 2.58. The summed E-state index contributed by atoms with van der Waals surface area (Å²) in [7, 11) is 0. The highest BCUT2D eigenvalue weighted by molar-refractivity contribution is 7.99. The van der Waals surface area contributed by atoms with Crippen molar-refractivity contribution in [2.24, 2.45) is 0 Å². The lowest BCUT2D eigenvalue weighted by atomic mass is 10.2. The summed E-state index contributed by atoms with van der Waals surface area (Å²) in [6.45, 7) is 0.590. The molecule has 0 saturated heterocycles. The number of thiophene rings is 2. The molecule has 3 aromatic rings. The normalized spacial score (nSPS) is 11.0. The van der Waals surface area contributed by atoms with Crippen LogP contribution in [0.4, 0.5) is 0 Å². The summed E-state index contributed by atoms with van der Waals surface area (Å²) in [6.07, 6.45) is 0. The Morgan fingerprint density at radius 2 is 2.27 bits per heavy atom. The van der Waals surface area contributed by atoms with Gasteiger partial charge in [0.1, 0.15) is 4.34 Å². The van der Waals surface area contributed by atoms with E-state index < -0.39 is 0 Å². The Bertz CT molecular complexity index is 784. The predicted molar refractivity (Wildman–Crippen MR) is 90.6 cm³/mol. The summed E-state index contributed by atoms with van der Waals surface area (Å²) in [5.74, 6) is 0.112. The summed E-state index contributed by atoms with van der Waals surface area (Å²) in [6, 6.07) is 5.58. The fraction of sp³-hybridized carbons (Fsp3) is 0.167. The first-order chi connectivity index (χ1) is 10.6. The molecule has 3 aromatic heterocycles. The van der Waals surface area contributed by atoms with Gasteiger partial charge in [0.25, 0.3) is 0 Å². The molecule has 10 heteroatoms. The smallest absolute Gasteiger partial charge is 0.210 e. The Hall–Kier alpha value is -0.930. The van der Waals surface area contributed by atoms with Gasteiger partial charge in [0, 0.05) is 10.4 Å². The van der Waals surface area contributed by atoms with E-state index in [9.17, 15) is 4.79 Å². The number of rotatable bonds is 6. The maximum atomic E-state index is 12.2. The summed E-state index contributed by atoms with van der Waals surface area (Å²) >= 11 is 15.9. The van der Waals surface area contributed by atoms with Gasteiger partial charge >= 0.3 is 0 Å². The monoisotopic (exact) mass is 390 g/mol. The van der Waals surface area contributed by atoms with Gasteiger partial charge in [-0.3, -0.25) is 4.79 Å². The van der Waals surface area contributed by atoms with Gasteiger partial charge in [0.2, 0.25) is 5.16 Å². The minimum absolute atomic E-state index is 0.0937. The quantitative estimate of drug-likeness (QED) is 0.467. The first-order valence-electron chi connectivity index (χ1n) is 6.03. The second-order valence-corrected chi connectivity index (χ2v) is 8.41. The molecule has 0 aromatic carbocycles. The van der Waals surface area contributed by atoms with Crippen LogP contribution in [0, 0.1) is 0 Å². The van der Waals surface area contributed by atoms with Crippen molar-refractivity contribution in [2.45, 2.75) is 11.7 Å². The number of tetrazole rings is 1. The van der Waals surface area contributed by atoms with Gasteiger partial charge in [-0.05, 0) is 27.9 Å². The van der Waals surface area contributed by atoms with E-state index in [2.05, 4.69) is 15.5 Å². The Kier molecular flexibility index (Phi) is 5.14. The van der Waals surface area contributed by atoms with E-state index in [1.54, 1.807) is 22.1 Å². The number of carbonyl (C=O) groups is 1. The van der Waals surface area contributed by atoms with Crippen molar-refractivity contribution in [3.8, 4) is 0 Å². The maximum absolute atomic E-state index is 12.2. The number of hydrogen-bond acceptors (Lipinski definition) is 7. The molecule has 0 N–H and O–H groups in total. The van der Waals surface area contributed by atoms with Crippen LogP contribution in [0.5, 0.6) is 0 Å². The van der Waals surface area contributed by atoms with Gasteiger partial charge in [-0.2, -0.15) is 0 Å². The second kappa shape index (κ2) is 7.10. The number of nitrogens with zero attached hydrogens (tertiary/aromatic N) is 4. The van der Waals surface area contributed by atoms with Gasteiger partial charge in [-0.15, -0.1) is 27.8 Å². The van der Waals surface area contributed by atoms with Gasteiger partial charge in [-0.1, -0.05) is 41.0 Å². The highest BCUT2D eigenvalue weighted by Gasteiger charge is 2.16. The van der Waals surface area contributed by atoms with E-state index in [1.807, 2.05) is 17.5 Å². The van der Waals surface area contributed by atoms with Crippen molar-refractivity contribution < 1.29 is 4.79 Å². The lowest BCUT2D eigenvalue weighted by molar-refractivity contribution is 0.102. The van der Waals surface area contributed by atoms with Gasteiger partial charge in [-0.25, -0.2) is 4.68 Å².